The number of carbonyl (C=O) groups is 1. The van der Waals surface area contributed by atoms with Gasteiger partial charge >= 0.3 is 0 Å². The quantitative estimate of drug-likeness (QED) is 0.401. The molecular weight excluding hydrogens is 374 g/mol. The van der Waals surface area contributed by atoms with Crippen molar-refractivity contribution in [1.82, 2.24) is 10.3 Å². The van der Waals surface area contributed by atoms with E-state index in [4.69, 9.17) is 4.74 Å². The van der Waals surface area contributed by atoms with Gasteiger partial charge in [0.1, 0.15) is 0 Å². The number of nitrogens with zero attached hydrogens (tertiary/aromatic N) is 1. The predicted octanol–water partition coefficient (Wildman–Crippen LogP) is 5.18. The fourth-order valence-corrected chi connectivity index (χ4v) is 2.90. The summed E-state index contributed by atoms with van der Waals surface area (Å²) in [4.78, 5) is 16.6. The van der Waals surface area contributed by atoms with E-state index in [2.05, 4.69) is 16.9 Å². The number of unbranched alkanes of at least 4 members (excludes halogenated alkanes) is 2. The lowest BCUT2D eigenvalue weighted by Crippen LogP contribution is -2.23. The second-order valence-corrected chi connectivity index (χ2v) is 6.58. The molecule has 2 aromatic carbocycles. The van der Waals surface area contributed by atoms with Crippen molar-refractivity contribution in [3.8, 4) is 5.75 Å². The van der Waals surface area contributed by atoms with Crippen LogP contribution >= 0.6 is 0 Å². The molecule has 6 heteroatoms. The average Bonchev–Trinajstić information content (AvgIpc) is 2.74. The van der Waals surface area contributed by atoms with Crippen molar-refractivity contribution in [3.63, 3.8) is 0 Å². The van der Waals surface area contributed by atoms with Crippen LogP contribution in [-0.4, -0.2) is 17.5 Å². The van der Waals surface area contributed by atoms with Gasteiger partial charge < -0.3 is 10.1 Å². The highest BCUT2D eigenvalue weighted by atomic mass is 19.1. The van der Waals surface area contributed by atoms with Gasteiger partial charge in [0.05, 0.1) is 12.1 Å². The van der Waals surface area contributed by atoms with Crippen molar-refractivity contribution in [3.05, 3.63) is 84.1 Å². The molecule has 0 bridgehead atoms. The molecule has 0 unspecified atom stereocenters. The number of nitrogens with one attached hydrogen (secondary N) is 1. The number of hydrogen-bond acceptors (Lipinski definition) is 3. The van der Waals surface area contributed by atoms with Crippen molar-refractivity contribution in [2.75, 3.05) is 6.61 Å². The van der Waals surface area contributed by atoms with Gasteiger partial charge in [-0.1, -0.05) is 18.2 Å². The van der Waals surface area contributed by atoms with Crippen molar-refractivity contribution < 1.29 is 18.3 Å². The van der Waals surface area contributed by atoms with E-state index >= 15 is 0 Å². The molecular formula is C23H22F2N2O2. The average molecular weight is 396 g/mol. The number of carbonyl (C=O) groups excluding carboxylic acids is 1. The summed E-state index contributed by atoms with van der Waals surface area (Å²) in [6.07, 6.45) is 5.80. The first-order valence-electron chi connectivity index (χ1n) is 9.43. The molecule has 3 aromatic rings. The maximum Gasteiger partial charge on any atom is 0.251 e. The topological polar surface area (TPSA) is 51.2 Å². The fourth-order valence-electron chi connectivity index (χ4n) is 2.90. The maximum atomic E-state index is 14.6. The molecule has 29 heavy (non-hydrogen) atoms. The molecule has 1 aromatic heterocycles. The zero-order valence-electron chi connectivity index (χ0n) is 16.0. The van der Waals surface area contributed by atoms with Crippen molar-refractivity contribution in [2.24, 2.45) is 0 Å². The van der Waals surface area contributed by atoms with Gasteiger partial charge in [-0.3, -0.25) is 9.78 Å². The van der Waals surface area contributed by atoms with Crippen molar-refractivity contribution in [1.29, 1.82) is 0 Å². The molecule has 0 atom stereocenters. The Kier molecular flexibility index (Phi) is 6.89. The van der Waals surface area contributed by atoms with Crippen LogP contribution in [0.1, 0.15) is 35.2 Å². The zero-order valence-corrected chi connectivity index (χ0v) is 16.0. The molecule has 0 saturated carbocycles. The maximum absolute atomic E-state index is 14.6. The highest BCUT2D eigenvalue weighted by Gasteiger charge is 2.16. The van der Waals surface area contributed by atoms with Crippen LogP contribution in [0.4, 0.5) is 8.78 Å². The van der Waals surface area contributed by atoms with Gasteiger partial charge in [-0.05, 0) is 49.6 Å². The third kappa shape index (κ3) is 5.16. The summed E-state index contributed by atoms with van der Waals surface area (Å²) in [6.45, 7) is 3.76. The lowest BCUT2D eigenvalue weighted by atomic mass is 10.1. The van der Waals surface area contributed by atoms with E-state index < -0.39 is 17.4 Å². The van der Waals surface area contributed by atoms with Crippen LogP contribution in [0.3, 0.4) is 0 Å². The lowest BCUT2D eigenvalue weighted by Gasteiger charge is -2.12. The summed E-state index contributed by atoms with van der Waals surface area (Å²) >= 11 is 0. The van der Waals surface area contributed by atoms with Gasteiger partial charge in [0.2, 0.25) is 0 Å². The summed E-state index contributed by atoms with van der Waals surface area (Å²) in [5, 5.41) is 3.50. The summed E-state index contributed by atoms with van der Waals surface area (Å²) in [7, 11) is 0. The number of aromatic nitrogens is 1. The number of hydrogen-bond donors (Lipinski definition) is 1. The first-order valence-corrected chi connectivity index (χ1v) is 9.43. The minimum absolute atomic E-state index is 0.0805. The molecule has 1 N–H and O–H groups in total. The molecule has 0 aliphatic heterocycles. The van der Waals surface area contributed by atoms with Crippen LogP contribution < -0.4 is 10.1 Å². The first-order chi connectivity index (χ1) is 14.1. The van der Waals surface area contributed by atoms with E-state index in [9.17, 15) is 13.6 Å². The molecule has 0 radical (unpaired) electrons. The van der Waals surface area contributed by atoms with E-state index in [-0.39, 0.29) is 24.6 Å². The standard InChI is InChI=1S/C23H22F2N2O2/c1-2-3-4-5-13-29-22-19(24)10-8-18(21(22)25)15-27-23(28)17-9-11-20-16(14-17)7-6-12-26-20/h2,6-12,14H,1,3-5,13,15H2,(H,27,28). The number of rotatable bonds is 9. The molecule has 0 fully saturated rings. The zero-order chi connectivity index (χ0) is 20.6. The number of fused-ring (bicyclic) bond motifs is 1. The lowest BCUT2D eigenvalue weighted by molar-refractivity contribution is 0.0950. The summed E-state index contributed by atoms with van der Waals surface area (Å²) in [5.74, 6) is -2.32. The number of amides is 1. The van der Waals surface area contributed by atoms with Gasteiger partial charge in [0.25, 0.3) is 5.91 Å². The minimum Gasteiger partial charge on any atom is -0.488 e. The predicted molar refractivity (Wildman–Crippen MR) is 109 cm³/mol. The smallest absolute Gasteiger partial charge is 0.251 e. The van der Waals surface area contributed by atoms with Crippen LogP contribution in [0.25, 0.3) is 10.9 Å². The van der Waals surface area contributed by atoms with E-state index in [0.29, 0.717) is 12.0 Å². The van der Waals surface area contributed by atoms with E-state index in [0.717, 1.165) is 29.8 Å². The number of ether oxygens (including phenoxy) is 1. The molecule has 1 amide bonds. The Balaban J connectivity index is 1.65. The van der Waals surface area contributed by atoms with Gasteiger partial charge in [-0.25, -0.2) is 8.78 Å². The molecule has 150 valence electrons. The Morgan fingerprint density at radius 3 is 2.86 bits per heavy atom. The van der Waals surface area contributed by atoms with Gasteiger partial charge in [0, 0.05) is 29.3 Å². The fraction of sp³-hybridized carbons (Fsp3) is 0.217. The van der Waals surface area contributed by atoms with E-state index in [1.54, 1.807) is 36.5 Å². The number of halogens is 2. The SMILES string of the molecule is C=CCCCCOc1c(F)ccc(CNC(=O)c2ccc3ncccc3c2)c1F. The molecule has 3 rings (SSSR count). The normalized spacial score (nSPS) is 10.7. The van der Waals surface area contributed by atoms with Gasteiger partial charge in [-0.2, -0.15) is 0 Å². The van der Waals surface area contributed by atoms with Crippen molar-refractivity contribution in [2.45, 2.75) is 25.8 Å². The third-order valence-electron chi connectivity index (χ3n) is 4.48. The largest absolute Gasteiger partial charge is 0.488 e. The highest BCUT2D eigenvalue weighted by molar-refractivity contribution is 5.97. The molecule has 1 heterocycles. The van der Waals surface area contributed by atoms with Gasteiger partial charge in [0.15, 0.2) is 17.4 Å². The van der Waals surface area contributed by atoms with Crippen LogP contribution in [-0.2, 0) is 6.54 Å². The Morgan fingerprint density at radius 2 is 2.03 bits per heavy atom. The number of allylic oxidation sites excluding steroid dienone is 1. The third-order valence-corrected chi connectivity index (χ3v) is 4.48. The Labute approximate surface area is 168 Å². The molecule has 0 aliphatic carbocycles. The van der Waals surface area contributed by atoms with Crippen molar-refractivity contribution >= 4 is 16.8 Å². The first kappa shape index (κ1) is 20.5. The van der Waals surface area contributed by atoms with Gasteiger partial charge in [-0.15, -0.1) is 6.58 Å². The highest BCUT2D eigenvalue weighted by Crippen LogP contribution is 2.25. The van der Waals surface area contributed by atoms with Crippen LogP contribution in [0, 0.1) is 11.6 Å². The summed E-state index contributed by atoms with van der Waals surface area (Å²) in [6, 6.07) is 11.2. The van der Waals surface area contributed by atoms with Crippen LogP contribution in [0.5, 0.6) is 5.75 Å². The Morgan fingerprint density at radius 1 is 1.17 bits per heavy atom. The van der Waals surface area contributed by atoms with Crippen LogP contribution in [0.2, 0.25) is 0 Å². The number of pyridine rings is 1. The molecule has 0 saturated heterocycles. The van der Waals surface area contributed by atoms with Crippen LogP contribution in [0.15, 0.2) is 61.3 Å². The van der Waals surface area contributed by atoms with E-state index in [1.165, 1.54) is 6.07 Å². The molecule has 0 spiro atoms. The Hall–Kier alpha value is -3.28. The molecule has 0 aliphatic rings. The second kappa shape index (κ2) is 9.78. The Bertz CT molecular complexity index is 1020. The molecule has 4 nitrogen and oxygen atoms in total. The summed E-state index contributed by atoms with van der Waals surface area (Å²) < 4.78 is 33.9. The number of benzene rings is 2. The second-order valence-electron chi connectivity index (χ2n) is 6.58. The summed E-state index contributed by atoms with van der Waals surface area (Å²) in [5.41, 5.74) is 1.37. The monoisotopic (exact) mass is 396 g/mol. The van der Waals surface area contributed by atoms with E-state index in [1.807, 2.05) is 6.07 Å². The minimum atomic E-state index is -0.795.